The minimum absolute atomic E-state index is 0.113. The molecule has 4 heteroatoms. The molecular formula is C11H21NO3. The van der Waals surface area contributed by atoms with Crippen molar-refractivity contribution in [2.75, 3.05) is 40.5 Å². The summed E-state index contributed by atoms with van der Waals surface area (Å²) in [5, 5.41) is 0. The van der Waals surface area contributed by atoms with E-state index in [4.69, 9.17) is 9.47 Å². The summed E-state index contributed by atoms with van der Waals surface area (Å²) in [6.07, 6.45) is 0.880. The van der Waals surface area contributed by atoms with Gasteiger partial charge in [0.25, 0.3) is 0 Å². The summed E-state index contributed by atoms with van der Waals surface area (Å²) in [7, 11) is 3.63. The maximum Gasteiger partial charge on any atom is 0.152 e. The summed E-state index contributed by atoms with van der Waals surface area (Å²) < 4.78 is 10.3. The van der Waals surface area contributed by atoms with Crippen LogP contribution >= 0.6 is 0 Å². The molecule has 4 nitrogen and oxygen atoms in total. The lowest BCUT2D eigenvalue weighted by atomic mass is 10.0. The van der Waals surface area contributed by atoms with Crippen LogP contribution in [0.2, 0.25) is 0 Å². The number of hydrogen-bond donors (Lipinski definition) is 0. The lowest BCUT2D eigenvalue weighted by Gasteiger charge is -2.24. The number of carbonyl (C=O) groups is 1. The van der Waals surface area contributed by atoms with Crippen molar-refractivity contribution in [3.8, 4) is 0 Å². The van der Waals surface area contributed by atoms with E-state index in [9.17, 15) is 4.79 Å². The predicted molar refractivity (Wildman–Crippen MR) is 57.9 cm³/mol. The highest BCUT2D eigenvalue weighted by molar-refractivity contribution is 5.83. The molecule has 1 aliphatic rings. The van der Waals surface area contributed by atoms with E-state index in [1.165, 1.54) is 0 Å². The maximum absolute atomic E-state index is 11.8. The number of methoxy groups -OCH3 is 1. The smallest absolute Gasteiger partial charge is 0.152 e. The van der Waals surface area contributed by atoms with E-state index < -0.39 is 0 Å². The molecule has 0 radical (unpaired) electrons. The Hall–Kier alpha value is -0.450. The molecule has 15 heavy (non-hydrogen) atoms. The molecule has 0 aromatic heterocycles. The Labute approximate surface area is 91.5 Å². The van der Waals surface area contributed by atoms with Gasteiger partial charge in [0.1, 0.15) is 0 Å². The Morgan fingerprint density at radius 1 is 1.67 bits per heavy atom. The predicted octanol–water partition coefficient (Wildman–Crippen LogP) is 0.559. The summed E-state index contributed by atoms with van der Waals surface area (Å²) in [6.45, 7) is 4.55. The van der Waals surface area contributed by atoms with E-state index in [-0.39, 0.29) is 17.7 Å². The third kappa shape index (κ3) is 3.89. The summed E-state index contributed by atoms with van der Waals surface area (Å²) in [6, 6.07) is 0.279. The molecule has 0 aliphatic carbocycles. The van der Waals surface area contributed by atoms with Crippen LogP contribution < -0.4 is 0 Å². The Balaban J connectivity index is 2.29. The fraction of sp³-hybridized carbons (Fsp3) is 0.909. The zero-order valence-corrected chi connectivity index (χ0v) is 9.86. The SMILES string of the molecule is COCC(C)N(C)CC(=O)C1CCOC1. The molecule has 1 aliphatic heterocycles. The van der Waals surface area contributed by atoms with Crippen molar-refractivity contribution in [3.63, 3.8) is 0 Å². The second-order valence-electron chi connectivity index (χ2n) is 4.25. The molecule has 0 aromatic carbocycles. The standard InChI is InChI=1S/C11H21NO3/c1-9(7-14-3)12(2)6-11(13)10-4-5-15-8-10/h9-10H,4-8H2,1-3H3. The number of likely N-dealkylation sites (N-methyl/N-ethyl adjacent to an activating group) is 1. The molecule has 2 unspecified atom stereocenters. The lowest BCUT2D eigenvalue weighted by Crippen LogP contribution is -2.38. The fourth-order valence-corrected chi connectivity index (χ4v) is 1.69. The number of hydrogen-bond acceptors (Lipinski definition) is 4. The topological polar surface area (TPSA) is 38.8 Å². The molecule has 1 fully saturated rings. The van der Waals surface area contributed by atoms with E-state index in [0.29, 0.717) is 19.8 Å². The minimum Gasteiger partial charge on any atom is -0.383 e. The number of Topliss-reactive ketones (excluding diaryl/α,β-unsaturated/α-hetero) is 1. The van der Waals surface area contributed by atoms with E-state index in [2.05, 4.69) is 6.92 Å². The first kappa shape index (κ1) is 12.6. The largest absolute Gasteiger partial charge is 0.383 e. The zero-order chi connectivity index (χ0) is 11.3. The molecule has 0 aromatic rings. The van der Waals surface area contributed by atoms with Crippen LogP contribution in [0.3, 0.4) is 0 Å². The monoisotopic (exact) mass is 215 g/mol. The van der Waals surface area contributed by atoms with Crippen molar-refractivity contribution < 1.29 is 14.3 Å². The van der Waals surface area contributed by atoms with E-state index in [0.717, 1.165) is 13.0 Å². The number of nitrogens with zero attached hydrogens (tertiary/aromatic N) is 1. The molecular weight excluding hydrogens is 194 g/mol. The zero-order valence-electron chi connectivity index (χ0n) is 9.86. The highest BCUT2D eigenvalue weighted by atomic mass is 16.5. The van der Waals surface area contributed by atoms with Gasteiger partial charge in [0.2, 0.25) is 0 Å². The molecule has 0 saturated carbocycles. The Morgan fingerprint density at radius 2 is 2.40 bits per heavy atom. The van der Waals surface area contributed by atoms with Gasteiger partial charge >= 0.3 is 0 Å². The molecule has 0 amide bonds. The van der Waals surface area contributed by atoms with Crippen LogP contribution in [-0.4, -0.2) is 57.2 Å². The quantitative estimate of drug-likeness (QED) is 0.649. The Kier molecular flexibility index (Phi) is 5.22. The van der Waals surface area contributed by atoms with Gasteiger partial charge in [-0.2, -0.15) is 0 Å². The van der Waals surface area contributed by atoms with Crippen LogP contribution in [0.15, 0.2) is 0 Å². The molecule has 88 valence electrons. The second-order valence-corrected chi connectivity index (χ2v) is 4.25. The third-order valence-electron chi connectivity index (χ3n) is 2.95. The first-order valence-electron chi connectivity index (χ1n) is 5.44. The molecule has 0 N–H and O–H groups in total. The van der Waals surface area contributed by atoms with Gasteiger partial charge in [-0.05, 0) is 20.4 Å². The molecule has 0 spiro atoms. The van der Waals surface area contributed by atoms with Gasteiger partial charge in [-0.3, -0.25) is 9.69 Å². The summed E-state index contributed by atoms with van der Waals surface area (Å²) in [5.41, 5.74) is 0. The molecule has 1 heterocycles. The number of ether oxygens (including phenoxy) is 2. The van der Waals surface area contributed by atoms with Gasteiger partial charge in [0, 0.05) is 25.7 Å². The van der Waals surface area contributed by atoms with Crippen LogP contribution in [0.5, 0.6) is 0 Å². The van der Waals surface area contributed by atoms with Crippen LogP contribution in [-0.2, 0) is 14.3 Å². The number of ketones is 1. The highest BCUT2D eigenvalue weighted by Crippen LogP contribution is 2.14. The average Bonchev–Trinajstić information content (AvgIpc) is 2.70. The Morgan fingerprint density at radius 3 is 2.93 bits per heavy atom. The van der Waals surface area contributed by atoms with Crippen molar-refractivity contribution >= 4 is 5.78 Å². The number of rotatable bonds is 6. The fourth-order valence-electron chi connectivity index (χ4n) is 1.69. The van der Waals surface area contributed by atoms with Crippen LogP contribution in [0, 0.1) is 5.92 Å². The molecule has 0 bridgehead atoms. The lowest BCUT2D eigenvalue weighted by molar-refractivity contribution is -0.124. The average molecular weight is 215 g/mol. The highest BCUT2D eigenvalue weighted by Gasteiger charge is 2.25. The van der Waals surface area contributed by atoms with Crippen LogP contribution in [0.4, 0.5) is 0 Å². The first-order chi connectivity index (χ1) is 7.15. The number of carbonyl (C=O) groups excluding carboxylic acids is 1. The second kappa shape index (κ2) is 6.20. The maximum atomic E-state index is 11.8. The van der Waals surface area contributed by atoms with Gasteiger partial charge in [0.05, 0.1) is 19.8 Å². The van der Waals surface area contributed by atoms with Crippen LogP contribution in [0.1, 0.15) is 13.3 Å². The minimum atomic E-state index is 0.113. The van der Waals surface area contributed by atoms with Gasteiger partial charge in [-0.15, -0.1) is 0 Å². The van der Waals surface area contributed by atoms with Crippen molar-refractivity contribution in [2.45, 2.75) is 19.4 Å². The van der Waals surface area contributed by atoms with E-state index in [1.807, 2.05) is 11.9 Å². The third-order valence-corrected chi connectivity index (χ3v) is 2.95. The van der Waals surface area contributed by atoms with Gasteiger partial charge in [0.15, 0.2) is 5.78 Å². The van der Waals surface area contributed by atoms with E-state index >= 15 is 0 Å². The van der Waals surface area contributed by atoms with Gasteiger partial charge in [-0.25, -0.2) is 0 Å². The van der Waals surface area contributed by atoms with Gasteiger partial charge < -0.3 is 9.47 Å². The normalized spacial score (nSPS) is 23.3. The summed E-state index contributed by atoms with van der Waals surface area (Å²) in [5.74, 6) is 0.403. The molecule has 1 rings (SSSR count). The van der Waals surface area contributed by atoms with Crippen molar-refractivity contribution in [2.24, 2.45) is 5.92 Å². The van der Waals surface area contributed by atoms with Crippen LogP contribution in [0.25, 0.3) is 0 Å². The summed E-state index contributed by atoms with van der Waals surface area (Å²) >= 11 is 0. The van der Waals surface area contributed by atoms with Gasteiger partial charge in [-0.1, -0.05) is 0 Å². The van der Waals surface area contributed by atoms with Crippen molar-refractivity contribution in [3.05, 3.63) is 0 Å². The molecule has 2 atom stereocenters. The van der Waals surface area contributed by atoms with Crippen molar-refractivity contribution in [1.29, 1.82) is 0 Å². The molecule has 1 saturated heterocycles. The Bertz CT molecular complexity index is 202. The van der Waals surface area contributed by atoms with Crippen molar-refractivity contribution in [1.82, 2.24) is 4.90 Å². The van der Waals surface area contributed by atoms with E-state index in [1.54, 1.807) is 7.11 Å². The first-order valence-corrected chi connectivity index (χ1v) is 5.44. The summed E-state index contributed by atoms with van der Waals surface area (Å²) in [4.78, 5) is 13.8.